The molecule has 0 fully saturated rings. The lowest BCUT2D eigenvalue weighted by atomic mass is 9.99. The van der Waals surface area contributed by atoms with Crippen molar-refractivity contribution in [2.45, 2.75) is 39.2 Å². The van der Waals surface area contributed by atoms with Crippen LogP contribution in [0.4, 0.5) is 4.39 Å². The van der Waals surface area contributed by atoms with Crippen molar-refractivity contribution in [3.63, 3.8) is 0 Å². The fourth-order valence-corrected chi connectivity index (χ4v) is 1.42. The molecule has 1 rings (SSSR count). The zero-order chi connectivity index (χ0) is 12.2. The van der Waals surface area contributed by atoms with E-state index in [1.54, 1.807) is 19.9 Å². The van der Waals surface area contributed by atoms with Gasteiger partial charge in [-0.15, -0.1) is 0 Å². The van der Waals surface area contributed by atoms with E-state index in [1.165, 1.54) is 6.07 Å². The Hall–Kier alpha value is -1.09. The topological polar surface area (TPSA) is 29.5 Å². The fraction of sp³-hybridized carbons (Fsp3) is 0.538. The number of rotatable bonds is 5. The van der Waals surface area contributed by atoms with Crippen molar-refractivity contribution in [2.24, 2.45) is 0 Å². The van der Waals surface area contributed by atoms with Gasteiger partial charge in [0.25, 0.3) is 0 Å². The lowest BCUT2D eigenvalue weighted by Gasteiger charge is -2.16. The van der Waals surface area contributed by atoms with Gasteiger partial charge in [-0.05, 0) is 51.3 Å². The van der Waals surface area contributed by atoms with Crippen LogP contribution < -0.4 is 4.74 Å². The fourth-order valence-electron chi connectivity index (χ4n) is 1.42. The third kappa shape index (κ3) is 4.19. The van der Waals surface area contributed by atoms with Crippen LogP contribution in [0.1, 0.15) is 32.8 Å². The van der Waals surface area contributed by atoms with Crippen molar-refractivity contribution in [1.82, 2.24) is 0 Å². The van der Waals surface area contributed by atoms with Crippen LogP contribution in [0.25, 0.3) is 0 Å². The monoisotopic (exact) mass is 226 g/mol. The molecule has 16 heavy (non-hydrogen) atoms. The van der Waals surface area contributed by atoms with Gasteiger partial charge in [0.05, 0.1) is 12.2 Å². The quantitative estimate of drug-likeness (QED) is 0.836. The van der Waals surface area contributed by atoms with Gasteiger partial charge in [-0.25, -0.2) is 4.39 Å². The molecule has 0 aliphatic rings. The summed E-state index contributed by atoms with van der Waals surface area (Å²) in [6.07, 6.45) is 1.27. The van der Waals surface area contributed by atoms with Crippen LogP contribution >= 0.6 is 0 Å². The first kappa shape index (κ1) is 13.0. The van der Waals surface area contributed by atoms with E-state index < -0.39 is 5.60 Å². The number of aryl methyl sites for hydroxylation is 1. The molecule has 3 heteroatoms. The third-order valence-corrected chi connectivity index (χ3v) is 2.32. The molecule has 1 aromatic carbocycles. The molecule has 0 saturated carbocycles. The summed E-state index contributed by atoms with van der Waals surface area (Å²) in [6, 6.07) is 4.94. The van der Waals surface area contributed by atoms with E-state index in [1.807, 2.05) is 13.0 Å². The van der Waals surface area contributed by atoms with Crippen molar-refractivity contribution in [1.29, 1.82) is 0 Å². The smallest absolute Gasteiger partial charge is 0.165 e. The maximum absolute atomic E-state index is 13.5. The molecule has 2 nitrogen and oxygen atoms in total. The molecular weight excluding hydrogens is 207 g/mol. The largest absolute Gasteiger partial charge is 0.491 e. The van der Waals surface area contributed by atoms with E-state index in [9.17, 15) is 9.50 Å². The maximum Gasteiger partial charge on any atom is 0.165 e. The molecule has 0 unspecified atom stereocenters. The Morgan fingerprint density at radius 2 is 2.06 bits per heavy atom. The highest BCUT2D eigenvalue weighted by molar-refractivity contribution is 5.29. The van der Waals surface area contributed by atoms with E-state index in [0.29, 0.717) is 19.4 Å². The van der Waals surface area contributed by atoms with Crippen molar-refractivity contribution in [2.75, 3.05) is 6.61 Å². The molecule has 0 atom stereocenters. The normalized spacial score (nSPS) is 11.6. The van der Waals surface area contributed by atoms with Gasteiger partial charge in [0.2, 0.25) is 0 Å². The van der Waals surface area contributed by atoms with Crippen LogP contribution in [-0.2, 0) is 6.42 Å². The summed E-state index contributed by atoms with van der Waals surface area (Å²) in [5.74, 6) is -0.0513. The first-order chi connectivity index (χ1) is 7.42. The highest BCUT2D eigenvalue weighted by atomic mass is 19.1. The molecule has 0 radical (unpaired) electrons. The summed E-state index contributed by atoms with van der Waals surface area (Å²) >= 11 is 0. The second-order valence-corrected chi connectivity index (χ2v) is 4.51. The number of aliphatic hydroxyl groups is 1. The number of hydrogen-bond acceptors (Lipinski definition) is 2. The second-order valence-electron chi connectivity index (χ2n) is 4.51. The average molecular weight is 226 g/mol. The standard InChI is InChI=1S/C13H19FO2/c1-4-16-12-6-5-10(9-11(12)14)7-8-13(2,3)15/h5-6,9,15H,4,7-8H2,1-3H3. The van der Waals surface area contributed by atoms with Crippen LogP contribution in [0.15, 0.2) is 18.2 Å². The molecule has 0 spiro atoms. The highest BCUT2D eigenvalue weighted by Gasteiger charge is 2.13. The predicted octanol–water partition coefficient (Wildman–Crippen LogP) is 2.93. The molecular formula is C13H19FO2. The SMILES string of the molecule is CCOc1ccc(CCC(C)(C)O)cc1F. The maximum atomic E-state index is 13.5. The third-order valence-electron chi connectivity index (χ3n) is 2.32. The molecule has 90 valence electrons. The predicted molar refractivity (Wildman–Crippen MR) is 62.2 cm³/mol. The van der Waals surface area contributed by atoms with Crippen LogP contribution in [0.5, 0.6) is 5.75 Å². The number of benzene rings is 1. The lowest BCUT2D eigenvalue weighted by molar-refractivity contribution is 0.0714. The van der Waals surface area contributed by atoms with Gasteiger partial charge >= 0.3 is 0 Å². The molecule has 1 N–H and O–H groups in total. The Balaban J connectivity index is 2.66. The zero-order valence-corrected chi connectivity index (χ0v) is 10.1. The minimum Gasteiger partial charge on any atom is -0.491 e. The van der Waals surface area contributed by atoms with Crippen LogP contribution in [0.3, 0.4) is 0 Å². The Bertz CT molecular complexity index is 342. The van der Waals surface area contributed by atoms with Gasteiger partial charge in [-0.3, -0.25) is 0 Å². The number of hydrogen-bond donors (Lipinski definition) is 1. The van der Waals surface area contributed by atoms with Gasteiger partial charge in [0.1, 0.15) is 0 Å². The molecule has 0 amide bonds. The summed E-state index contributed by atoms with van der Waals surface area (Å²) in [5, 5.41) is 9.57. The molecule has 0 aliphatic heterocycles. The van der Waals surface area contributed by atoms with Gasteiger partial charge in [-0.1, -0.05) is 6.07 Å². The highest BCUT2D eigenvalue weighted by Crippen LogP contribution is 2.20. The van der Waals surface area contributed by atoms with E-state index >= 15 is 0 Å². The van der Waals surface area contributed by atoms with Gasteiger partial charge < -0.3 is 9.84 Å². The molecule has 0 aromatic heterocycles. The van der Waals surface area contributed by atoms with Crippen LogP contribution in [-0.4, -0.2) is 17.3 Å². The second kappa shape index (κ2) is 5.30. The van der Waals surface area contributed by atoms with E-state index in [2.05, 4.69) is 0 Å². The Kier molecular flexibility index (Phi) is 4.30. The van der Waals surface area contributed by atoms with Gasteiger partial charge in [0.15, 0.2) is 11.6 Å². The minimum atomic E-state index is -0.713. The summed E-state index contributed by atoms with van der Waals surface area (Å²) in [4.78, 5) is 0. The molecule has 1 aromatic rings. The van der Waals surface area contributed by atoms with Crippen molar-refractivity contribution >= 4 is 0 Å². The summed E-state index contributed by atoms with van der Waals surface area (Å²) in [6.45, 7) is 5.78. The van der Waals surface area contributed by atoms with Gasteiger partial charge in [-0.2, -0.15) is 0 Å². The van der Waals surface area contributed by atoms with Crippen molar-refractivity contribution < 1.29 is 14.2 Å². The zero-order valence-electron chi connectivity index (χ0n) is 10.1. The minimum absolute atomic E-state index is 0.287. The summed E-state index contributed by atoms with van der Waals surface area (Å²) < 4.78 is 18.6. The van der Waals surface area contributed by atoms with Gasteiger partial charge in [0, 0.05) is 0 Å². The van der Waals surface area contributed by atoms with E-state index in [4.69, 9.17) is 4.74 Å². The van der Waals surface area contributed by atoms with Crippen LogP contribution in [0, 0.1) is 5.82 Å². The molecule has 0 aliphatic carbocycles. The molecule has 0 bridgehead atoms. The first-order valence-corrected chi connectivity index (χ1v) is 5.56. The van der Waals surface area contributed by atoms with E-state index in [-0.39, 0.29) is 11.6 Å². The first-order valence-electron chi connectivity index (χ1n) is 5.56. The van der Waals surface area contributed by atoms with E-state index in [0.717, 1.165) is 5.56 Å². The number of ether oxygens (including phenoxy) is 1. The van der Waals surface area contributed by atoms with Crippen LogP contribution in [0.2, 0.25) is 0 Å². The summed E-state index contributed by atoms with van der Waals surface area (Å²) in [5.41, 5.74) is 0.165. The van der Waals surface area contributed by atoms with Crippen molar-refractivity contribution in [3.8, 4) is 5.75 Å². The Morgan fingerprint density at radius 3 is 2.56 bits per heavy atom. The Morgan fingerprint density at radius 1 is 1.38 bits per heavy atom. The Labute approximate surface area is 96.1 Å². The molecule has 0 heterocycles. The lowest BCUT2D eigenvalue weighted by Crippen LogP contribution is -2.19. The summed E-state index contributed by atoms with van der Waals surface area (Å²) in [7, 11) is 0. The molecule has 0 saturated heterocycles. The number of halogens is 1. The average Bonchev–Trinajstić information content (AvgIpc) is 2.18. The van der Waals surface area contributed by atoms with Crippen molar-refractivity contribution in [3.05, 3.63) is 29.6 Å².